The van der Waals surface area contributed by atoms with E-state index in [9.17, 15) is 28.9 Å². The molecule has 3 unspecified atom stereocenters. The van der Waals surface area contributed by atoms with Crippen LogP contribution in [0.15, 0.2) is 12.2 Å². The zero-order chi connectivity index (χ0) is 51.3. The topological polar surface area (TPSA) is 155 Å². The van der Waals surface area contributed by atoms with Gasteiger partial charge in [-0.05, 0) is 44.9 Å². The van der Waals surface area contributed by atoms with E-state index in [2.05, 4.69) is 32.9 Å². The minimum absolute atomic E-state index is 0.170. The number of hydrogen-bond donors (Lipinski definition) is 2. The first-order valence-corrected chi connectivity index (χ1v) is 31.1. The van der Waals surface area contributed by atoms with E-state index in [1.54, 1.807) is 0 Å². The molecule has 0 aliphatic rings. The van der Waals surface area contributed by atoms with Crippen LogP contribution in [0, 0.1) is 0 Å². The standard InChI is InChI=1S/C58H111O11P/c1-4-7-10-13-16-19-21-23-25-27-29-31-33-36-38-41-44-47-56(60)65-51-55(69-58(62)49-46-43-40-37-34-32-30-28-26-24-22-20-17-14-11-8-5-2)53-67-70(63,64)66-52-54(50-59)68-57(61)48-45-42-39-35-18-15-12-9-6-3/h24,26,54-55,59H,4-23,25,27-53H2,1-3H3,(H,63,64)/b26-24-. The molecule has 0 radical (unpaired) electrons. The quantitative estimate of drug-likeness (QED) is 0.0197. The number of carbonyl (C=O) groups is 3. The number of phosphoric acid groups is 1. The number of rotatable bonds is 56. The Morgan fingerprint density at radius 2 is 0.657 bits per heavy atom. The van der Waals surface area contributed by atoms with E-state index in [4.69, 9.17) is 23.3 Å². The third-order valence-corrected chi connectivity index (χ3v) is 14.1. The number of aliphatic hydroxyl groups is 1. The van der Waals surface area contributed by atoms with E-state index in [1.165, 1.54) is 180 Å². The van der Waals surface area contributed by atoms with Crippen molar-refractivity contribution in [1.29, 1.82) is 0 Å². The maximum Gasteiger partial charge on any atom is 0.472 e. The van der Waals surface area contributed by atoms with E-state index in [-0.39, 0.29) is 25.9 Å². The molecule has 70 heavy (non-hydrogen) atoms. The SMILES string of the molecule is CCCCCCCC/C=C\CCCCCCCCCC(=O)OC(COC(=O)CCCCCCCCCCCCCCCCCCC)COP(=O)(O)OCC(CO)OC(=O)CCCCCCCCCCC. The molecule has 0 saturated heterocycles. The van der Waals surface area contributed by atoms with Gasteiger partial charge in [-0.15, -0.1) is 0 Å². The maximum absolute atomic E-state index is 12.9. The first-order chi connectivity index (χ1) is 34.2. The molecule has 0 aromatic heterocycles. The van der Waals surface area contributed by atoms with Crippen molar-refractivity contribution in [1.82, 2.24) is 0 Å². The van der Waals surface area contributed by atoms with Crippen LogP contribution in [0.4, 0.5) is 0 Å². The molecular weight excluding hydrogens is 904 g/mol. The summed E-state index contributed by atoms with van der Waals surface area (Å²) in [6.45, 7) is 4.67. The number of aliphatic hydroxyl groups excluding tert-OH is 1. The molecule has 0 aromatic carbocycles. The van der Waals surface area contributed by atoms with Gasteiger partial charge in [0.1, 0.15) is 12.7 Å². The highest BCUT2D eigenvalue weighted by Gasteiger charge is 2.28. The molecule has 0 bridgehead atoms. The van der Waals surface area contributed by atoms with E-state index in [1.807, 2.05) is 0 Å². The van der Waals surface area contributed by atoms with Gasteiger partial charge in [0.05, 0.1) is 19.8 Å². The van der Waals surface area contributed by atoms with Gasteiger partial charge in [-0.1, -0.05) is 251 Å². The van der Waals surface area contributed by atoms with Crippen molar-refractivity contribution in [2.24, 2.45) is 0 Å². The third-order valence-electron chi connectivity index (χ3n) is 13.2. The van der Waals surface area contributed by atoms with Crippen LogP contribution in [-0.2, 0) is 42.2 Å². The van der Waals surface area contributed by atoms with Crippen LogP contribution >= 0.6 is 7.82 Å². The first-order valence-electron chi connectivity index (χ1n) is 29.6. The largest absolute Gasteiger partial charge is 0.472 e. The van der Waals surface area contributed by atoms with Crippen LogP contribution in [-0.4, -0.2) is 66.5 Å². The molecule has 2 N–H and O–H groups in total. The van der Waals surface area contributed by atoms with Crippen LogP contribution in [0.1, 0.15) is 303 Å². The fourth-order valence-electron chi connectivity index (χ4n) is 8.65. The minimum atomic E-state index is -4.73. The molecule has 0 aliphatic carbocycles. The molecule has 414 valence electrons. The van der Waals surface area contributed by atoms with Gasteiger partial charge in [0.25, 0.3) is 0 Å². The molecule has 0 amide bonds. The van der Waals surface area contributed by atoms with Gasteiger partial charge < -0.3 is 24.2 Å². The van der Waals surface area contributed by atoms with E-state index < -0.39 is 57.8 Å². The molecule has 11 nitrogen and oxygen atoms in total. The summed E-state index contributed by atoms with van der Waals surface area (Å²) >= 11 is 0. The van der Waals surface area contributed by atoms with Crippen molar-refractivity contribution in [2.45, 2.75) is 315 Å². The molecule has 0 heterocycles. The van der Waals surface area contributed by atoms with Crippen molar-refractivity contribution in [3.8, 4) is 0 Å². The number of phosphoric ester groups is 1. The number of carbonyl (C=O) groups excluding carboxylic acids is 3. The van der Waals surface area contributed by atoms with Gasteiger partial charge in [0, 0.05) is 19.3 Å². The summed E-state index contributed by atoms with van der Waals surface area (Å²) in [6.07, 6.45) is 51.8. The van der Waals surface area contributed by atoms with Crippen molar-refractivity contribution < 1.29 is 52.2 Å². The van der Waals surface area contributed by atoms with Gasteiger partial charge in [-0.25, -0.2) is 4.57 Å². The molecular formula is C58H111O11P. The summed E-state index contributed by atoms with van der Waals surface area (Å²) in [4.78, 5) is 48.4. The normalized spacial score (nSPS) is 13.4. The number of hydrogen-bond acceptors (Lipinski definition) is 10. The van der Waals surface area contributed by atoms with Gasteiger partial charge in [0.15, 0.2) is 6.10 Å². The van der Waals surface area contributed by atoms with Crippen LogP contribution in [0.2, 0.25) is 0 Å². The monoisotopic (exact) mass is 1010 g/mol. The van der Waals surface area contributed by atoms with E-state index in [0.717, 1.165) is 64.2 Å². The molecule has 0 spiro atoms. The van der Waals surface area contributed by atoms with Gasteiger partial charge in [-0.2, -0.15) is 0 Å². The molecule has 0 fully saturated rings. The van der Waals surface area contributed by atoms with Crippen molar-refractivity contribution in [3.63, 3.8) is 0 Å². The van der Waals surface area contributed by atoms with Gasteiger partial charge in [-0.3, -0.25) is 23.4 Å². The maximum atomic E-state index is 12.9. The lowest BCUT2D eigenvalue weighted by Crippen LogP contribution is -2.30. The fraction of sp³-hybridized carbons (Fsp3) is 0.914. The lowest BCUT2D eigenvalue weighted by molar-refractivity contribution is -0.161. The summed E-state index contributed by atoms with van der Waals surface area (Å²) in [7, 11) is -4.73. The van der Waals surface area contributed by atoms with Crippen LogP contribution in [0.25, 0.3) is 0 Å². The molecule has 0 aromatic rings. The Bertz CT molecular complexity index is 1230. The Kier molecular flexibility index (Phi) is 52.1. The second kappa shape index (κ2) is 53.5. The van der Waals surface area contributed by atoms with E-state index in [0.29, 0.717) is 19.3 Å². The zero-order valence-electron chi connectivity index (χ0n) is 45.8. The average molecular weight is 1020 g/mol. The summed E-state index contributed by atoms with van der Waals surface area (Å²) in [5.41, 5.74) is 0. The van der Waals surface area contributed by atoms with Crippen LogP contribution < -0.4 is 0 Å². The summed E-state index contributed by atoms with van der Waals surface area (Å²) in [5.74, 6) is -1.44. The first kappa shape index (κ1) is 68.2. The number of allylic oxidation sites excluding steroid dienone is 2. The number of ether oxygens (including phenoxy) is 3. The average Bonchev–Trinajstić information content (AvgIpc) is 3.35. The summed E-state index contributed by atoms with van der Waals surface area (Å²) in [6, 6.07) is 0. The lowest BCUT2D eigenvalue weighted by Gasteiger charge is -2.21. The zero-order valence-corrected chi connectivity index (χ0v) is 46.7. The molecule has 12 heteroatoms. The second-order valence-electron chi connectivity index (χ2n) is 20.2. The Hall–Kier alpha value is -1.78. The molecule has 0 saturated carbocycles. The van der Waals surface area contributed by atoms with Gasteiger partial charge >= 0.3 is 25.7 Å². The molecule has 3 atom stereocenters. The second-order valence-corrected chi connectivity index (χ2v) is 21.6. The fourth-order valence-corrected chi connectivity index (χ4v) is 9.43. The molecule has 0 aliphatic heterocycles. The highest BCUT2D eigenvalue weighted by atomic mass is 31.2. The number of esters is 3. The number of unbranched alkanes of at least 4 members (excludes halogenated alkanes) is 37. The third kappa shape index (κ3) is 51.1. The van der Waals surface area contributed by atoms with Crippen molar-refractivity contribution in [2.75, 3.05) is 26.4 Å². The predicted molar refractivity (Wildman–Crippen MR) is 289 cm³/mol. The van der Waals surface area contributed by atoms with Gasteiger partial charge in [0.2, 0.25) is 0 Å². The predicted octanol–water partition coefficient (Wildman–Crippen LogP) is 17.3. The van der Waals surface area contributed by atoms with Crippen LogP contribution in [0.5, 0.6) is 0 Å². The van der Waals surface area contributed by atoms with E-state index >= 15 is 0 Å². The lowest BCUT2D eigenvalue weighted by atomic mass is 10.0. The summed E-state index contributed by atoms with van der Waals surface area (Å²) in [5, 5.41) is 9.77. The molecule has 0 rings (SSSR count). The Morgan fingerprint density at radius 1 is 0.386 bits per heavy atom. The smallest absolute Gasteiger partial charge is 0.462 e. The Balaban J connectivity index is 4.66. The Morgan fingerprint density at radius 3 is 0.986 bits per heavy atom. The van der Waals surface area contributed by atoms with Crippen molar-refractivity contribution in [3.05, 3.63) is 12.2 Å². The highest BCUT2D eigenvalue weighted by molar-refractivity contribution is 7.47. The Labute approximate surface area is 430 Å². The van der Waals surface area contributed by atoms with Crippen molar-refractivity contribution >= 4 is 25.7 Å². The van der Waals surface area contributed by atoms with Crippen LogP contribution in [0.3, 0.4) is 0 Å². The minimum Gasteiger partial charge on any atom is -0.462 e. The highest BCUT2D eigenvalue weighted by Crippen LogP contribution is 2.43. The summed E-state index contributed by atoms with van der Waals surface area (Å²) < 4.78 is 39.5.